The summed E-state index contributed by atoms with van der Waals surface area (Å²) in [6.45, 7) is 10.9. The zero-order chi connectivity index (χ0) is 20.1. The first-order chi connectivity index (χ1) is 13.2. The Balaban J connectivity index is 1.68. The van der Waals surface area contributed by atoms with Gasteiger partial charge in [-0.15, -0.1) is 0 Å². The van der Waals surface area contributed by atoms with Gasteiger partial charge >= 0.3 is 0 Å². The second-order valence-electron chi connectivity index (χ2n) is 8.69. The summed E-state index contributed by atoms with van der Waals surface area (Å²) in [4.78, 5) is 4.43. The van der Waals surface area contributed by atoms with Crippen molar-refractivity contribution in [2.75, 3.05) is 5.32 Å². The first-order valence-corrected chi connectivity index (χ1v) is 13.2. The molecule has 0 saturated heterocycles. The zero-order valence-corrected chi connectivity index (χ0v) is 17.5. The number of benzene rings is 1. The van der Waals surface area contributed by atoms with Crippen molar-refractivity contribution in [2.24, 2.45) is 5.92 Å². The lowest BCUT2D eigenvalue weighted by Crippen LogP contribution is -2.37. The minimum absolute atomic E-state index is 0.192. The highest BCUT2D eigenvalue weighted by molar-refractivity contribution is 6.88. The van der Waals surface area contributed by atoms with E-state index in [1.165, 1.54) is 5.19 Å². The molecule has 4 atom stereocenters. The van der Waals surface area contributed by atoms with E-state index in [1.54, 1.807) is 10.7 Å². The molecule has 28 heavy (non-hydrogen) atoms. The number of aromatic nitrogens is 3. The molecule has 2 heterocycles. The number of hydrogen-bond acceptors (Lipinski definition) is 5. The fourth-order valence-corrected chi connectivity index (χ4v) is 4.93. The van der Waals surface area contributed by atoms with Crippen LogP contribution in [0.4, 0.5) is 5.82 Å². The summed E-state index contributed by atoms with van der Waals surface area (Å²) in [7, 11) is -1.41. The van der Waals surface area contributed by atoms with Gasteiger partial charge in [0.1, 0.15) is 11.9 Å². The number of nitrogens with one attached hydrogen (secondary N) is 1. The molecule has 0 bridgehead atoms. The molecule has 1 saturated carbocycles. The van der Waals surface area contributed by atoms with Gasteiger partial charge in [0.25, 0.3) is 0 Å². The Hall–Kier alpha value is -2.22. The quantitative estimate of drug-likeness (QED) is 0.591. The highest BCUT2D eigenvalue weighted by Gasteiger charge is 2.39. The second kappa shape index (κ2) is 6.99. The van der Waals surface area contributed by atoms with Gasteiger partial charge in [-0.2, -0.15) is 9.61 Å². The maximum atomic E-state index is 10.3. The van der Waals surface area contributed by atoms with E-state index in [9.17, 15) is 10.2 Å². The van der Waals surface area contributed by atoms with Gasteiger partial charge in [-0.05, 0) is 25.3 Å². The van der Waals surface area contributed by atoms with E-state index in [0.717, 1.165) is 22.7 Å². The van der Waals surface area contributed by atoms with E-state index in [0.29, 0.717) is 6.42 Å². The van der Waals surface area contributed by atoms with Crippen molar-refractivity contribution in [1.82, 2.24) is 14.6 Å². The van der Waals surface area contributed by atoms with E-state index in [2.05, 4.69) is 61.1 Å². The van der Waals surface area contributed by atoms with E-state index in [1.807, 2.05) is 12.1 Å². The van der Waals surface area contributed by atoms with Crippen molar-refractivity contribution in [2.45, 2.75) is 44.3 Å². The summed E-state index contributed by atoms with van der Waals surface area (Å²) >= 11 is 0. The van der Waals surface area contributed by atoms with Crippen LogP contribution in [0.15, 0.2) is 42.6 Å². The lowest BCUT2D eigenvalue weighted by atomic mass is 10.1. The lowest BCUT2D eigenvalue weighted by Gasteiger charge is -2.19. The molecule has 3 N–H and O–H groups in total. The molecule has 7 heteroatoms. The van der Waals surface area contributed by atoms with Crippen molar-refractivity contribution < 1.29 is 10.2 Å². The van der Waals surface area contributed by atoms with Crippen LogP contribution in [0.5, 0.6) is 0 Å². The summed E-state index contributed by atoms with van der Waals surface area (Å²) in [5.74, 6) is 0.547. The Morgan fingerprint density at radius 2 is 1.93 bits per heavy atom. The van der Waals surface area contributed by atoms with Gasteiger partial charge in [-0.25, -0.2) is 4.98 Å². The Kier molecular flexibility index (Phi) is 4.77. The maximum absolute atomic E-state index is 10.3. The summed E-state index contributed by atoms with van der Waals surface area (Å²) in [6, 6.07) is 12.1. The molecular formula is C21H27N4O2Si. The monoisotopic (exact) mass is 395 g/mol. The highest BCUT2D eigenvalue weighted by atomic mass is 28.3. The zero-order valence-electron chi connectivity index (χ0n) is 16.5. The highest BCUT2D eigenvalue weighted by Crippen LogP contribution is 2.29. The van der Waals surface area contributed by atoms with E-state index < -0.39 is 20.3 Å². The number of nitrogens with zero attached hydrogens (tertiary/aromatic N) is 3. The van der Waals surface area contributed by atoms with Crippen LogP contribution < -0.4 is 10.5 Å². The average Bonchev–Trinajstić information content (AvgIpc) is 3.19. The van der Waals surface area contributed by atoms with Crippen LogP contribution in [0.1, 0.15) is 6.42 Å². The second-order valence-corrected chi connectivity index (χ2v) is 13.8. The summed E-state index contributed by atoms with van der Waals surface area (Å²) in [5.41, 5.74) is 2.67. The van der Waals surface area contributed by atoms with Gasteiger partial charge in [-0.3, -0.25) is 0 Å². The van der Waals surface area contributed by atoms with Crippen LogP contribution in [0.3, 0.4) is 0 Å². The molecule has 0 aliphatic heterocycles. The Morgan fingerprint density at radius 3 is 2.61 bits per heavy atom. The minimum Gasteiger partial charge on any atom is -0.390 e. The van der Waals surface area contributed by atoms with E-state index in [-0.39, 0.29) is 12.0 Å². The molecule has 147 valence electrons. The van der Waals surface area contributed by atoms with Crippen molar-refractivity contribution in [3.63, 3.8) is 0 Å². The maximum Gasteiger partial charge on any atom is 0.157 e. The van der Waals surface area contributed by atoms with Crippen LogP contribution in [0.25, 0.3) is 16.9 Å². The molecule has 1 fully saturated rings. The molecule has 1 aromatic carbocycles. The molecular weight excluding hydrogens is 368 g/mol. The molecule has 3 aromatic rings. The van der Waals surface area contributed by atoms with Gasteiger partial charge in [0.2, 0.25) is 0 Å². The third-order valence-electron chi connectivity index (χ3n) is 5.52. The minimum atomic E-state index is -1.41. The predicted molar refractivity (Wildman–Crippen MR) is 114 cm³/mol. The average molecular weight is 396 g/mol. The molecule has 1 aliphatic rings. The van der Waals surface area contributed by atoms with Gasteiger partial charge in [0, 0.05) is 17.8 Å². The summed E-state index contributed by atoms with van der Waals surface area (Å²) in [5, 5.41) is 29.7. The van der Waals surface area contributed by atoms with Crippen molar-refractivity contribution in [3.05, 3.63) is 49.5 Å². The van der Waals surface area contributed by atoms with E-state index >= 15 is 0 Å². The third kappa shape index (κ3) is 3.45. The van der Waals surface area contributed by atoms with Crippen molar-refractivity contribution >= 4 is 24.7 Å². The largest absolute Gasteiger partial charge is 0.390 e. The first kappa shape index (κ1) is 19.1. The molecule has 0 spiro atoms. The topological polar surface area (TPSA) is 82.7 Å². The molecule has 0 unspecified atom stereocenters. The molecule has 4 rings (SSSR count). The molecule has 1 aliphatic carbocycles. The van der Waals surface area contributed by atoms with Crippen molar-refractivity contribution in [3.8, 4) is 11.3 Å². The summed E-state index contributed by atoms with van der Waals surface area (Å²) < 4.78 is 1.76. The summed E-state index contributed by atoms with van der Waals surface area (Å²) in [6.07, 6.45) is 0.654. The normalized spacial score (nSPS) is 25.4. The van der Waals surface area contributed by atoms with Crippen molar-refractivity contribution in [1.29, 1.82) is 0 Å². The number of anilines is 1. The van der Waals surface area contributed by atoms with Crippen LogP contribution in [-0.2, 0) is 0 Å². The molecule has 2 aromatic heterocycles. The molecule has 6 nitrogen and oxygen atoms in total. The first-order valence-electron chi connectivity index (χ1n) is 9.65. The number of rotatable bonds is 4. The number of aliphatic hydroxyl groups is 2. The fourth-order valence-electron chi connectivity index (χ4n) is 3.75. The fraction of sp³-hybridized carbons (Fsp3) is 0.381. The Labute approximate surface area is 166 Å². The SMILES string of the molecule is [CH2][C@@H]1C[C@@H](Nc2ccnc3cc(-c4cccc([Si](C)(C)C)c4)nn23)[C@H](O)[C@@H]1O. The van der Waals surface area contributed by atoms with Gasteiger partial charge in [0.15, 0.2) is 5.65 Å². The molecule has 0 amide bonds. The predicted octanol–water partition coefficient (Wildman–Crippen LogP) is 2.30. The van der Waals surface area contributed by atoms with Gasteiger partial charge < -0.3 is 15.5 Å². The van der Waals surface area contributed by atoms with Crippen LogP contribution >= 0.6 is 0 Å². The third-order valence-corrected chi connectivity index (χ3v) is 7.56. The van der Waals surface area contributed by atoms with E-state index in [4.69, 9.17) is 5.10 Å². The van der Waals surface area contributed by atoms with Crippen LogP contribution in [0.2, 0.25) is 19.6 Å². The van der Waals surface area contributed by atoms with Crippen LogP contribution in [0, 0.1) is 12.8 Å². The van der Waals surface area contributed by atoms with Crippen LogP contribution in [-0.4, -0.2) is 51.1 Å². The number of aliphatic hydroxyl groups excluding tert-OH is 2. The number of hydrogen-bond donors (Lipinski definition) is 3. The van der Waals surface area contributed by atoms with Gasteiger partial charge in [-0.1, -0.05) is 49.1 Å². The smallest absolute Gasteiger partial charge is 0.157 e. The number of fused-ring (bicyclic) bond motifs is 1. The Morgan fingerprint density at radius 1 is 1.14 bits per heavy atom. The lowest BCUT2D eigenvalue weighted by molar-refractivity contribution is 0.0256. The standard InChI is InChI=1S/C21H27N4O2Si/c1-13-10-17(21(27)20(13)26)23-18-8-9-22-19-12-16(24-25(18)19)14-6-5-7-15(11-14)28(2,3)4/h5-9,11-13,17,20-21,23,26-27H,1,10H2,2-4H3/t13-,17-,20-,21+/m1/s1. The molecule has 1 radical (unpaired) electrons. The Bertz CT molecular complexity index is 997. The van der Waals surface area contributed by atoms with Gasteiger partial charge in [0.05, 0.1) is 25.9 Å².